The molecule has 1 aliphatic carbocycles. The lowest BCUT2D eigenvalue weighted by molar-refractivity contribution is -0.133. The van der Waals surface area contributed by atoms with E-state index in [1.807, 2.05) is 36.1 Å². The highest BCUT2D eigenvalue weighted by molar-refractivity contribution is 6.02. The van der Waals surface area contributed by atoms with Gasteiger partial charge >= 0.3 is 0 Å². The number of carbonyl (C=O) groups is 1. The number of nitrogens with one attached hydrogen (secondary N) is 1. The molecule has 0 radical (unpaired) electrons. The monoisotopic (exact) mass is 352 g/mol. The Morgan fingerprint density at radius 3 is 2.58 bits per heavy atom. The molecule has 1 amide bonds. The lowest BCUT2D eigenvalue weighted by Gasteiger charge is -2.40. The minimum atomic E-state index is -0.898. The molecule has 0 spiro atoms. The minimum Gasteiger partial charge on any atom is -0.472 e. The number of carbonyl (C=O) groups excluding carboxylic acids is 1. The van der Waals surface area contributed by atoms with E-state index in [9.17, 15) is 4.79 Å². The van der Waals surface area contributed by atoms with Crippen molar-refractivity contribution in [1.82, 2.24) is 9.97 Å². The van der Waals surface area contributed by atoms with Crippen LogP contribution in [-0.4, -0.2) is 27.5 Å². The maximum atomic E-state index is 13.0. The molecule has 2 heterocycles. The van der Waals surface area contributed by atoms with Gasteiger partial charge in [0.1, 0.15) is 0 Å². The van der Waals surface area contributed by atoms with Gasteiger partial charge in [-0.15, -0.1) is 0 Å². The standard InChI is InChI=1S/C20H24N4O2/c1-13-8-10-14(11-9-13)22-19-21-12-16-17(23-19)24(15-6-4-5-7-15)18(25)20(2,3)26-16/h8-12,15H,4-7H2,1-3H3,(H,21,22,23). The van der Waals surface area contributed by atoms with E-state index in [1.165, 1.54) is 5.56 Å². The van der Waals surface area contributed by atoms with Crippen LogP contribution in [0.1, 0.15) is 45.1 Å². The fourth-order valence-electron chi connectivity index (χ4n) is 3.64. The molecule has 0 unspecified atom stereocenters. The van der Waals surface area contributed by atoms with Gasteiger partial charge in [0, 0.05) is 11.7 Å². The first kappa shape index (κ1) is 16.8. The molecular formula is C20H24N4O2. The van der Waals surface area contributed by atoms with E-state index in [0.29, 0.717) is 17.5 Å². The third-order valence-electron chi connectivity index (χ3n) is 5.06. The molecule has 0 bridgehead atoms. The fraction of sp³-hybridized carbons (Fsp3) is 0.450. The van der Waals surface area contributed by atoms with Crippen molar-refractivity contribution >= 4 is 23.4 Å². The largest absolute Gasteiger partial charge is 0.472 e. The summed E-state index contributed by atoms with van der Waals surface area (Å²) in [5, 5.41) is 3.21. The summed E-state index contributed by atoms with van der Waals surface area (Å²) in [4.78, 5) is 23.9. The van der Waals surface area contributed by atoms with Gasteiger partial charge in [0.05, 0.1) is 6.20 Å². The number of hydrogen-bond donors (Lipinski definition) is 1. The van der Waals surface area contributed by atoms with Gasteiger partial charge in [-0.05, 0) is 45.7 Å². The number of fused-ring (bicyclic) bond motifs is 1. The quantitative estimate of drug-likeness (QED) is 0.905. The van der Waals surface area contributed by atoms with Crippen LogP contribution in [-0.2, 0) is 4.79 Å². The van der Waals surface area contributed by atoms with Gasteiger partial charge in [-0.1, -0.05) is 30.5 Å². The summed E-state index contributed by atoms with van der Waals surface area (Å²) in [5.41, 5.74) is 1.20. The number of amides is 1. The summed E-state index contributed by atoms with van der Waals surface area (Å²) in [6.45, 7) is 5.65. The number of aryl methyl sites for hydroxylation is 1. The normalized spacial score (nSPS) is 19.2. The number of aromatic nitrogens is 2. The lowest BCUT2D eigenvalue weighted by Crippen LogP contribution is -2.55. The van der Waals surface area contributed by atoms with Gasteiger partial charge in [0.15, 0.2) is 17.2 Å². The Morgan fingerprint density at radius 1 is 1.19 bits per heavy atom. The van der Waals surface area contributed by atoms with Crippen LogP contribution in [0.25, 0.3) is 0 Å². The average Bonchev–Trinajstić information content (AvgIpc) is 3.12. The Morgan fingerprint density at radius 2 is 1.88 bits per heavy atom. The molecular weight excluding hydrogens is 328 g/mol. The molecule has 0 atom stereocenters. The van der Waals surface area contributed by atoms with Crippen molar-refractivity contribution in [2.24, 2.45) is 0 Å². The molecule has 0 saturated heterocycles. The summed E-state index contributed by atoms with van der Waals surface area (Å²) in [7, 11) is 0. The molecule has 6 nitrogen and oxygen atoms in total. The average molecular weight is 352 g/mol. The Labute approximate surface area is 153 Å². The molecule has 1 saturated carbocycles. The van der Waals surface area contributed by atoms with Crippen LogP contribution in [0, 0.1) is 6.92 Å². The van der Waals surface area contributed by atoms with Crippen LogP contribution in [0.4, 0.5) is 17.5 Å². The molecule has 4 rings (SSSR count). The molecule has 2 aromatic rings. The zero-order chi connectivity index (χ0) is 18.3. The van der Waals surface area contributed by atoms with Crippen LogP contribution in [0.2, 0.25) is 0 Å². The summed E-state index contributed by atoms with van der Waals surface area (Å²) < 4.78 is 5.90. The van der Waals surface area contributed by atoms with Gasteiger partial charge in [0.2, 0.25) is 5.95 Å². The maximum Gasteiger partial charge on any atom is 0.272 e. The second-order valence-corrected chi connectivity index (χ2v) is 7.60. The molecule has 1 aliphatic heterocycles. The molecule has 1 N–H and O–H groups in total. The van der Waals surface area contributed by atoms with Crippen LogP contribution in [0.15, 0.2) is 30.5 Å². The van der Waals surface area contributed by atoms with Crippen LogP contribution < -0.4 is 15.0 Å². The smallest absolute Gasteiger partial charge is 0.272 e. The van der Waals surface area contributed by atoms with Crippen molar-refractivity contribution in [3.8, 4) is 5.75 Å². The SMILES string of the molecule is Cc1ccc(Nc2ncc3c(n2)N(C2CCCC2)C(=O)C(C)(C)O3)cc1. The van der Waals surface area contributed by atoms with Gasteiger partial charge in [-0.3, -0.25) is 9.69 Å². The molecule has 1 fully saturated rings. The Balaban J connectivity index is 1.70. The van der Waals surface area contributed by atoms with Crippen molar-refractivity contribution in [3.05, 3.63) is 36.0 Å². The van der Waals surface area contributed by atoms with E-state index in [4.69, 9.17) is 4.74 Å². The van der Waals surface area contributed by atoms with Crippen LogP contribution >= 0.6 is 0 Å². The van der Waals surface area contributed by atoms with Crippen molar-refractivity contribution in [2.45, 2.75) is 58.1 Å². The van der Waals surface area contributed by atoms with E-state index < -0.39 is 5.60 Å². The summed E-state index contributed by atoms with van der Waals surface area (Å²) in [6.07, 6.45) is 5.96. The van der Waals surface area contributed by atoms with Gasteiger partial charge in [0.25, 0.3) is 5.91 Å². The van der Waals surface area contributed by atoms with E-state index in [0.717, 1.165) is 31.4 Å². The molecule has 26 heavy (non-hydrogen) atoms. The predicted molar refractivity (Wildman–Crippen MR) is 101 cm³/mol. The Bertz CT molecular complexity index is 826. The third-order valence-corrected chi connectivity index (χ3v) is 5.06. The van der Waals surface area contributed by atoms with E-state index in [2.05, 4.69) is 15.3 Å². The highest BCUT2D eigenvalue weighted by Gasteiger charge is 2.45. The number of rotatable bonds is 3. The van der Waals surface area contributed by atoms with Gasteiger partial charge < -0.3 is 10.1 Å². The second kappa shape index (κ2) is 6.27. The first-order valence-corrected chi connectivity index (χ1v) is 9.17. The molecule has 6 heteroatoms. The number of benzene rings is 1. The summed E-state index contributed by atoms with van der Waals surface area (Å²) >= 11 is 0. The van der Waals surface area contributed by atoms with Crippen LogP contribution in [0.3, 0.4) is 0 Å². The highest BCUT2D eigenvalue weighted by Crippen LogP contribution is 2.40. The molecule has 1 aromatic heterocycles. The Hall–Kier alpha value is -2.63. The number of hydrogen-bond acceptors (Lipinski definition) is 5. The van der Waals surface area contributed by atoms with Crippen molar-refractivity contribution in [2.75, 3.05) is 10.2 Å². The van der Waals surface area contributed by atoms with E-state index in [-0.39, 0.29) is 11.9 Å². The zero-order valence-electron chi connectivity index (χ0n) is 15.5. The van der Waals surface area contributed by atoms with E-state index >= 15 is 0 Å². The maximum absolute atomic E-state index is 13.0. The number of anilines is 3. The first-order valence-electron chi connectivity index (χ1n) is 9.17. The summed E-state index contributed by atoms with van der Waals surface area (Å²) in [5.74, 6) is 1.57. The fourth-order valence-corrected chi connectivity index (χ4v) is 3.64. The van der Waals surface area contributed by atoms with E-state index in [1.54, 1.807) is 20.0 Å². The van der Waals surface area contributed by atoms with Crippen molar-refractivity contribution in [1.29, 1.82) is 0 Å². The Kier molecular flexibility index (Phi) is 4.05. The predicted octanol–water partition coefficient (Wildman–Crippen LogP) is 3.98. The highest BCUT2D eigenvalue weighted by atomic mass is 16.5. The second-order valence-electron chi connectivity index (χ2n) is 7.60. The van der Waals surface area contributed by atoms with Gasteiger partial charge in [-0.25, -0.2) is 4.98 Å². The molecule has 2 aliphatic rings. The molecule has 1 aromatic carbocycles. The topological polar surface area (TPSA) is 67.4 Å². The number of nitrogens with zero attached hydrogens (tertiary/aromatic N) is 3. The third kappa shape index (κ3) is 3.00. The first-order chi connectivity index (χ1) is 12.4. The van der Waals surface area contributed by atoms with Crippen LogP contribution in [0.5, 0.6) is 5.75 Å². The molecule has 136 valence electrons. The van der Waals surface area contributed by atoms with Crippen molar-refractivity contribution < 1.29 is 9.53 Å². The number of ether oxygens (including phenoxy) is 1. The lowest BCUT2D eigenvalue weighted by atomic mass is 10.0. The van der Waals surface area contributed by atoms with Crippen molar-refractivity contribution in [3.63, 3.8) is 0 Å². The van der Waals surface area contributed by atoms with Gasteiger partial charge in [-0.2, -0.15) is 4.98 Å². The summed E-state index contributed by atoms with van der Waals surface area (Å²) in [6, 6.07) is 8.21. The zero-order valence-corrected chi connectivity index (χ0v) is 15.5. The minimum absolute atomic E-state index is 0.0307.